The van der Waals surface area contributed by atoms with Crippen LogP contribution in [0.25, 0.3) is 0 Å². The van der Waals surface area contributed by atoms with Gasteiger partial charge in [-0.2, -0.15) is 13.2 Å². The molecule has 29 heavy (non-hydrogen) atoms. The van der Waals surface area contributed by atoms with Crippen LogP contribution in [0.1, 0.15) is 16.8 Å². The third-order valence-corrected chi connectivity index (χ3v) is 4.02. The third kappa shape index (κ3) is 5.44. The van der Waals surface area contributed by atoms with Crippen molar-refractivity contribution in [3.05, 3.63) is 93.8 Å². The van der Waals surface area contributed by atoms with Crippen molar-refractivity contribution in [3.63, 3.8) is 0 Å². The number of nitrogens with one attached hydrogen (secondary N) is 1. The lowest BCUT2D eigenvalue weighted by atomic mass is 10.1. The fourth-order valence-corrected chi connectivity index (χ4v) is 2.59. The first-order valence-electron chi connectivity index (χ1n) is 8.54. The molecule has 3 rings (SSSR count). The van der Waals surface area contributed by atoms with Crippen molar-refractivity contribution in [1.82, 2.24) is 4.98 Å². The molecule has 1 heterocycles. The summed E-state index contributed by atoms with van der Waals surface area (Å²) in [5.74, 6) is 0.580. The van der Waals surface area contributed by atoms with E-state index in [2.05, 4.69) is 10.3 Å². The molecule has 0 aliphatic rings. The summed E-state index contributed by atoms with van der Waals surface area (Å²) in [5, 5.41) is 14.0. The maximum Gasteiger partial charge on any atom is 0.416 e. The van der Waals surface area contributed by atoms with Crippen LogP contribution in [0.15, 0.2) is 66.9 Å². The zero-order chi connectivity index (χ0) is 20.9. The number of aromatic nitrogens is 1. The molecule has 2 aromatic carbocycles. The van der Waals surface area contributed by atoms with Gasteiger partial charge in [-0.25, -0.2) is 0 Å². The van der Waals surface area contributed by atoms with E-state index in [-0.39, 0.29) is 18.8 Å². The quantitative estimate of drug-likeness (QED) is 0.433. The van der Waals surface area contributed by atoms with E-state index in [1.54, 1.807) is 36.5 Å². The minimum absolute atomic E-state index is 0.00260. The van der Waals surface area contributed by atoms with Crippen molar-refractivity contribution in [2.75, 3.05) is 5.32 Å². The second kappa shape index (κ2) is 8.59. The van der Waals surface area contributed by atoms with Crippen LogP contribution >= 0.6 is 0 Å². The van der Waals surface area contributed by atoms with Crippen molar-refractivity contribution in [3.8, 4) is 5.75 Å². The average molecular weight is 403 g/mol. The molecule has 9 heteroatoms. The Balaban J connectivity index is 1.69. The maximum absolute atomic E-state index is 12.8. The number of hydrogen-bond donors (Lipinski definition) is 1. The molecule has 0 bridgehead atoms. The number of nitrogens with zero attached hydrogens (tertiary/aromatic N) is 2. The van der Waals surface area contributed by atoms with Gasteiger partial charge in [0.15, 0.2) is 0 Å². The number of nitro benzene ring substituents is 1. The number of benzene rings is 2. The van der Waals surface area contributed by atoms with E-state index in [1.165, 1.54) is 0 Å². The summed E-state index contributed by atoms with van der Waals surface area (Å²) in [4.78, 5) is 14.5. The monoisotopic (exact) mass is 403 g/mol. The second-order valence-corrected chi connectivity index (χ2v) is 6.10. The summed E-state index contributed by atoms with van der Waals surface area (Å²) in [7, 11) is 0. The predicted octanol–water partition coefficient (Wildman–Crippen LogP) is 5.20. The van der Waals surface area contributed by atoms with Gasteiger partial charge < -0.3 is 10.1 Å². The maximum atomic E-state index is 12.8. The van der Waals surface area contributed by atoms with Gasteiger partial charge in [0.05, 0.1) is 16.2 Å². The zero-order valence-corrected chi connectivity index (χ0v) is 15.0. The van der Waals surface area contributed by atoms with Crippen LogP contribution in [-0.2, 0) is 19.3 Å². The number of alkyl halides is 3. The van der Waals surface area contributed by atoms with Crippen molar-refractivity contribution in [1.29, 1.82) is 0 Å². The molecule has 0 atom stereocenters. The van der Waals surface area contributed by atoms with E-state index in [4.69, 9.17) is 4.74 Å². The van der Waals surface area contributed by atoms with Gasteiger partial charge in [-0.1, -0.05) is 18.2 Å². The van der Waals surface area contributed by atoms with Gasteiger partial charge in [0.2, 0.25) is 0 Å². The van der Waals surface area contributed by atoms with Crippen LogP contribution < -0.4 is 10.1 Å². The lowest BCUT2D eigenvalue weighted by Crippen LogP contribution is -2.08. The Morgan fingerprint density at radius 2 is 1.90 bits per heavy atom. The molecule has 3 aromatic rings. The zero-order valence-electron chi connectivity index (χ0n) is 15.0. The smallest absolute Gasteiger partial charge is 0.416 e. The normalized spacial score (nSPS) is 11.1. The van der Waals surface area contributed by atoms with Crippen LogP contribution in [0, 0.1) is 10.1 Å². The number of anilines is 1. The predicted molar refractivity (Wildman–Crippen MR) is 100 cm³/mol. The Hall–Kier alpha value is -3.62. The molecule has 0 aliphatic carbocycles. The Morgan fingerprint density at radius 3 is 2.59 bits per heavy atom. The Bertz CT molecular complexity index is 995. The van der Waals surface area contributed by atoms with E-state index in [1.807, 2.05) is 12.1 Å². The largest absolute Gasteiger partial charge is 0.487 e. The molecule has 150 valence electrons. The highest BCUT2D eigenvalue weighted by atomic mass is 19.4. The minimum atomic E-state index is -4.65. The van der Waals surface area contributed by atoms with E-state index in [9.17, 15) is 23.3 Å². The molecule has 0 amide bonds. The SMILES string of the molecule is O=[N+]([O-])c1cc(C(F)(F)F)ccc1NCc1cccc(OCc2ccccn2)c1. The second-order valence-electron chi connectivity index (χ2n) is 6.10. The van der Waals surface area contributed by atoms with Crippen molar-refractivity contribution < 1.29 is 22.8 Å². The van der Waals surface area contributed by atoms with Gasteiger partial charge in [-0.3, -0.25) is 15.1 Å². The summed E-state index contributed by atoms with van der Waals surface area (Å²) < 4.78 is 44.1. The summed E-state index contributed by atoms with van der Waals surface area (Å²) in [5.41, 5.74) is -0.195. The molecule has 6 nitrogen and oxygen atoms in total. The van der Waals surface area contributed by atoms with E-state index < -0.39 is 22.4 Å². The van der Waals surface area contributed by atoms with Crippen LogP contribution in [-0.4, -0.2) is 9.91 Å². The van der Waals surface area contributed by atoms with Crippen LogP contribution in [0.3, 0.4) is 0 Å². The van der Waals surface area contributed by atoms with Crippen LogP contribution in [0.5, 0.6) is 5.75 Å². The summed E-state index contributed by atoms with van der Waals surface area (Å²) >= 11 is 0. The van der Waals surface area contributed by atoms with Crippen molar-refractivity contribution in [2.24, 2.45) is 0 Å². The molecular weight excluding hydrogens is 387 g/mol. The molecule has 0 unspecified atom stereocenters. The molecular formula is C20H16F3N3O3. The Morgan fingerprint density at radius 1 is 1.07 bits per heavy atom. The van der Waals surface area contributed by atoms with E-state index in [0.717, 1.165) is 23.4 Å². The number of nitro groups is 1. The molecule has 0 radical (unpaired) electrons. The standard InChI is InChI=1S/C20H16F3N3O3/c21-20(22,23)15-7-8-18(19(11-15)26(27)28)25-12-14-4-3-6-17(10-14)29-13-16-5-1-2-9-24-16/h1-11,25H,12-13H2. The topological polar surface area (TPSA) is 77.3 Å². The molecule has 0 aliphatic heterocycles. The molecule has 0 spiro atoms. The first-order valence-corrected chi connectivity index (χ1v) is 8.54. The lowest BCUT2D eigenvalue weighted by molar-refractivity contribution is -0.384. The summed E-state index contributed by atoms with van der Waals surface area (Å²) in [6, 6.07) is 14.9. The number of rotatable bonds is 7. The highest BCUT2D eigenvalue weighted by molar-refractivity contribution is 5.63. The number of halogens is 3. The van der Waals surface area contributed by atoms with Crippen molar-refractivity contribution >= 4 is 11.4 Å². The molecule has 1 N–H and O–H groups in total. The van der Waals surface area contributed by atoms with Crippen molar-refractivity contribution in [2.45, 2.75) is 19.3 Å². The fraction of sp³-hybridized carbons (Fsp3) is 0.150. The van der Waals surface area contributed by atoms with Crippen LogP contribution in [0.4, 0.5) is 24.5 Å². The third-order valence-electron chi connectivity index (χ3n) is 4.02. The number of hydrogen-bond acceptors (Lipinski definition) is 5. The van der Waals surface area contributed by atoms with Gasteiger partial charge in [0, 0.05) is 18.8 Å². The number of ether oxygens (including phenoxy) is 1. The molecule has 1 aromatic heterocycles. The van der Waals surface area contributed by atoms with Gasteiger partial charge >= 0.3 is 6.18 Å². The summed E-state index contributed by atoms with van der Waals surface area (Å²) in [6.07, 6.45) is -2.99. The minimum Gasteiger partial charge on any atom is -0.487 e. The van der Waals surface area contributed by atoms with Gasteiger partial charge in [0.1, 0.15) is 18.0 Å². The van der Waals surface area contributed by atoms with Gasteiger partial charge in [0.25, 0.3) is 5.69 Å². The number of pyridine rings is 1. The van der Waals surface area contributed by atoms with E-state index in [0.29, 0.717) is 11.8 Å². The lowest BCUT2D eigenvalue weighted by Gasteiger charge is -2.11. The molecule has 0 fully saturated rings. The van der Waals surface area contributed by atoms with Gasteiger partial charge in [-0.05, 0) is 42.0 Å². The molecule has 0 saturated carbocycles. The Labute approximate surface area is 164 Å². The average Bonchev–Trinajstić information content (AvgIpc) is 2.71. The fourth-order valence-electron chi connectivity index (χ4n) is 2.59. The van der Waals surface area contributed by atoms with E-state index >= 15 is 0 Å². The summed E-state index contributed by atoms with van der Waals surface area (Å²) in [6.45, 7) is 0.453. The van der Waals surface area contributed by atoms with Gasteiger partial charge in [-0.15, -0.1) is 0 Å². The first kappa shape index (κ1) is 20.1. The Kier molecular flexibility index (Phi) is 5.96. The highest BCUT2D eigenvalue weighted by Gasteiger charge is 2.33. The highest BCUT2D eigenvalue weighted by Crippen LogP contribution is 2.35. The first-order chi connectivity index (χ1) is 13.8. The molecule has 0 saturated heterocycles. The van der Waals surface area contributed by atoms with Crippen LogP contribution in [0.2, 0.25) is 0 Å².